The Bertz CT molecular complexity index is 421. The normalized spacial score (nSPS) is 39.4. The van der Waals surface area contributed by atoms with Crippen LogP contribution in [0.15, 0.2) is 18.7 Å². The van der Waals surface area contributed by atoms with Crippen molar-refractivity contribution in [2.75, 3.05) is 31.1 Å². The van der Waals surface area contributed by atoms with Gasteiger partial charge >= 0.3 is 0 Å². The molecule has 1 unspecified atom stereocenters. The van der Waals surface area contributed by atoms with Gasteiger partial charge in [0.15, 0.2) is 0 Å². The molecular weight excluding hydrogens is 212 g/mol. The van der Waals surface area contributed by atoms with Gasteiger partial charge in [-0.3, -0.25) is 4.90 Å². The van der Waals surface area contributed by atoms with Crippen LogP contribution in [0.5, 0.6) is 0 Å². The van der Waals surface area contributed by atoms with Crippen LogP contribution in [0.2, 0.25) is 0 Å². The molecule has 3 atom stereocenters. The summed E-state index contributed by atoms with van der Waals surface area (Å²) < 4.78 is 0. The van der Waals surface area contributed by atoms with E-state index in [4.69, 9.17) is 0 Å². The molecule has 3 fully saturated rings. The summed E-state index contributed by atoms with van der Waals surface area (Å²) in [7, 11) is 0. The van der Waals surface area contributed by atoms with Crippen LogP contribution in [-0.4, -0.2) is 46.6 Å². The molecule has 4 nitrogen and oxygen atoms in total. The third-order valence-corrected chi connectivity index (χ3v) is 4.87. The number of fused-ring (bicyclic) bond motifs is 3. The molecular formula is C13H18N4. The van der Waals surface area contributed by atoms with Gasteiger partial charge < -0.3 is 4.90 Å². The Morgan fingerprint density at radius 3 is 2.82 bits per heavy atom. The minimum atomic E-state index is 0.485. The molecule has 1 aromatic rings. The SMILES string of the molecule is c1ncc(N2CC[C@@]3(C[C@H]4CCN3C4)C2)cn1. The topological polar surface area (TPSA) is 32.3 Å². The Balaban J connectivity index is 1.57. The van der Waals surface area contributed by atoms with Crippen molar-refractivity contribution in [1.82, 2.24) is 14.9 Å². The summed E-state index contributed by atoms with van der Waals surface area (Å²) in [6, 6.07) is 0. The highest BCUT2D eigenvalue weighted by molar-refractivity contribution is 5.44. The van der Waals surface area contributed by atoms with Gasteiger partial charge in [-0.05, 0) is 31.7 Å². The molecule has 0 aliphatic carbocycles. The Morgan fingerprint density at radius 2 is 2.12 bits per heavy atom. The maximum absolute atomic E-state index is 4.13. The Labute approximate surface area is 102 Å². The highest BCUT2D eigenvalue weighted by Crippen LogP contribution is 2.46. The first kappa shape index (κ1) is 9.83. The first-order chi connectivity index (χ1) is 8.36. The zero-order chi connectivity index (χ0) is 11.3. The van der Waals surface area contributed by atoms with E-state index in [0.717, 1.165) is 12.5 Å². The first-order valence-corrected chi connectivity index (χ1v) is 6.61. The number of anilines is 1. The second kappa shape index (κ2) is 3.42. The summed E-state index contributed by atoms with van der Waals surface area (Å²) >= 11 is 0. The minimum Gasteiger partial charge on any atom is -0.367 e. The molecule has 4 heterocycles. The fourth-order valence-corrected chi connectivity index (χ4v) is 4.05. The van der Waals surface area contributed by atoms with Gasteiger partial charge in [-0.15, -0.1) is 0 Å². The Kier molecular flexibility index (Phi) is 1.98. The van der Waals surface area contributed by atoms with E-state index in [-0.39, 0.29) is 0 Å². The van der Waals surface area contributed by atoms with Gasteiger partial charge in [0.05, 0.1) is 18.1 Å². The van der Waals surface area contributed by atoms with Crippen LogP contribution < -0.4 is 4.90 Å². The van der Waals surface area contributed by atoms with E-state index in [1.54, 1.807) is 6.33 Å². The summed E-state index contributed by atoms with van der Waals surface area (Å²) in [5.41, 5.74) is 1.67. The number of hydrogen-bond acceptors (Lipinski definition) is 4. The quantitative estimate of drug-likeness (QED) is 0.724. The Hall–Kier alpha value is -1.16. The van der Waals surface area contributed by atoms with Crippen LogP contribution in [0.4, 0.5) is 5.69 Å². The lowest BCUT2D eigenvalue weighted by Gasteiger charge is -2.36. The van der Waals surface area contributed by atoms with Crippen molar-refractivity contribution < 1.29 is 0 Å². The molecule has 17 heavy (non-hydrogen) atoms. The van der Waals surface area contributed by atoms with Crippen LogP contribution in [0.1, 0.15) is 19.3 Å². The number of piperidine rings is 1. The fraction of sp³-hybridized carbons (Fsp3) is 0.692. The van der Waals surface area contributed by atoms with E-state index in [1.807, 2.05) is 12.4 Å². The summed E-state index contributed by atoms with van der Waals surface area (Å²) in [6.45, 7) is 5.01. The van der Waals surface area contributed by atoms with E-state index in [1.165, 1.54) is 44.6 Å². The van der Waals surface area contributed by atoms with E-state index >= 15 is 0 Å². The van der Waals surface area contributed by atoms with Crippen LogP contribution >= 0.6 is 0 Å². The lowest BCUT2D eigenvalue weighted by atomic mass is 9.87. The van der Waals surface area contributed by atoms with Gasteiger partial charge in [-0.2, -0.15) is 0 Å². The van der Waals surface area contributed by atoms with Gasteiger partial charge in [-0.25, -0.2) is 9.97 Å². The number of nitrogens with zero attached hydrogens (tertiary/aromatic N) is 4. The zero-order valence-corrected chi connectivity index (χ0v) is 10.0. The van der Waals surface area contributed by atoms with Crippen molar-refractivity contribution in [3.63, 3.8) is 0 Å². The first-order valence-electron chi connectivity index (χ1n) is 6.61. The van der Waals surface area contributed by atoms with Gasteiger partial charge in [0.2, 0.25) is 0 Å². The highest BCUT2D eigenvalue weighted by atomic mass is 15.3. The molecule has 3 aliphatic heterocycles. The van der Waals surface area contributed by atoms with Gasteiger partial charge in [0.1, 0.15) is 6.33 Å². The molecule has 3 saturated heterocycles. The van der Waals surface area contributed by atoms with E-state index in [2.05, 4.69) is 19.8 Å². The molecule has 0 radical (unpaired) electrons. The molecule has 0 saturated carbocycles. The lowest BCUT2D eigenvalue weighted by molar-refractivity contribution is 0.155. The Morgan fingerprint density at radius 1 is 1.24 bits per heavy atom. The molecule has 1 spiro atoms. The highest BCUT2D eigenvalue weighted by Gasteiger charge is 2.52. The molecule has 4 heteroatoms. The van der Waals surface area contributed by atoms with Crippen LogP contribution in [0.3, 0.4) is 0 Å². The largest absolute Gasteiger partial charge is 0.367 e. The van der Waals surface area contributed by atoms with Gasteiger partial charge in [0.25, 0.3) is 0 Å². The predicted molar refractivity (Wildman–Crippen MR) is 65.9 cm³/mol. The number of rotatable bonds is 1. The van der Waals surface area contributed by atoms with Crippen LogP contribution in [0.25, 0.3) is 0 Å². The van der Waals surface area contributed by atoms with E-state index in [9.17, 15) is 0 Å². The van der Waals surface area contributed by atoms with Crippen molar-refractivity contribution >= 4 is 5.69 Å². The fourth-order valence-electron chi connectivity index (χ4n) is 4.05. The maximum Gasteiger partial charge on any atom is 0.115 e. The van der Waals surface area contributed by atoms with Crippen molar-refractivity contribution in [2.45, 2.75) is 24.8 Å². The van der Waals surface area contributed by atoms with Gasteiger partial charge in [0, 0.05) is 25.2 Å². The average molecular weight is 230 g/mol. The van der Waals surface area contributed by atoms with E-state index < -0.39 is 0 Å². The predicted octanol–water partition coefficient (Wildman–Crippen LogP) is 1.15. The minimum absolute atomic E-state index is 0.485. The summed E-state index contributed by atoms with van der Waals surface area (Å²) in [4.78, 5) is 13.4. The average Bonchev–Trinajstić information content (AvgIpc) is 3.06. The third-order valence-electron chi connectivity index (χ3n) is 4.87. The molecule has 3 aliphatic rings. The smallest absolute Gasteiger partial charge is 0.115 e. The lowest BCUT2D eigenvalue weighted by Crippen LogP contribution is -2.46. The van der Waals surface area contributed by atoms with Crippen molar-refractivity contribution in [3.8, 4) is 0 Å². The number of hydrogen-bond donors (Lipinski definition) is 0. The second-order valence-corrected chi connectivity index (χ2v) is 5.80. The molecule has 90 valence electrons. The maximum atomic E-state index is 4.13. The standard InChI is InChI=1S/C13H18N4/c1-3-17-8-11(1)5-13(17)2-4-16(9-13)12-6-14-10-15-7-12/h6-7,10-11H,1-5,8-9H2/t11-,13-/m1/s1. The molecule has 4 rings (SSSR count). The molecule has 0 N–H and O–H groups in total. The second-order valence-electron chi connectivity index (χ2n) is 5.80. The number of aromatic nitrogens is 2. The van der Waals surface area contributed by atoms with Crippen LogP contribution in [0, 0.1) is 5.92 Å². The van der Waals surface area contributed by atoms with Crippen LogP contribution in [-0.2, 0) is 0 Å². The summed E-state index contributed by atoms with van der Waals surface area (Å²) in [6.07, 6.45) is 9.64. The molecule has 2 bridgehead atoms. The zero-order valence-electron chi connectivity index (χ0n) is 10.0. The molecule has 1 aromatic heterocycles. The van der Waals surface area contributed by atoms with Crippen molar-refractivity contribution in [3.05, 3.63) is 18.7 Å². The third kappa shape index (κ3) is 1.40. The van der Waals surface area contributed by atoms with E-state index in [0.29, 0.717) is 5.54 Å². The summed E-state index contributed by atoms with van der Waals surface area (Å²) in [5, 5.41) is 0. The molecule has 0 aromatic carbocycles. The van der Waals surface area contributed by atoms with Gasteiger partial charge in [-0.1, -0.05) is 0 Å². The monoisotopic (exact) mass is 230 g/mol. The molecule has 0 amide bonds. The summed E-state index contributed by atoms with van der Waals surface area (Å²) in [5.74, 6) is 0.974. The van der Waals surface area contributed by atoms with Crippen molar-refractivity contribution in [2.24, 2.45) is 5.92 Å². The van der Waals surface area contributed by atoms with Crippen molar-refractivity contribution in [1.29, 1.82) is 0 Å².